The zero-order valence-corrected chi connectivity index (χ0v) is 18.6. The molecule has 1 aromatic heterocycles. The molecule has 0 radical (unpaired) electrons. The van der Waals surface area contributed by atoms with E-state index in [1.165, 1.54) is 4.31 Å². The summed E-state index contributed by atoms with van der Waals surface area (Å²) in [5, 5.41) is 6.51. The first-order valence-corrected chi connectivity index (χ1v) is 11.7. The van der Waals surface area contributed by atoms with Gasteiger partial charge in [0.2, 0.25) is 15.9 Å². The van der Waals surface area contributed by atoms with Gasteiger partial charge >= 0.3 is 5.76 Å². The van der Waals surface area contributed by atoms with E-state index < -0.39 is 15.8 Å². The Kier molecular flexibility index (Phi) is 5.98. The lowest BCUT2D eigenvalue weighted by atomic mass is 9.97. The van der Waals surface area contributed by atoms with Gasteiger partial charge < -0.3 is 5.32 Å². The first-order valence-electron chi connectivity index (χ1n) is 10.3. The minimum absolute atomic E-state index is 0.168. The van der Waals surface area contributed by atoms with Crippen LogP contribution in [0.25, 0.3) is 11.4 Å². The molecule has 0 saturated carbocycles. The third-order valence-electron chi connectivity index (χ3n) is 5.78. The summed E-state index contributed by atoms with van der Waals surface area (Å²) in [5.41, 5.74) is 3.13. The number of piperidine rings is 1. The van der Waals surface area contributed by atoms with Crippen molar-refractivity contribution in [2.24, 2.45) is 5.92 Å². The largest absolute Gasteiger partial charge is 0.439 e. The molecule has 0 spiro atoms. The standard InChI is InChI=1S/C22H24N4O5S/c1-14-6-7-19(12-15(14)2)32(29,30)26-10-8-16(9-11-26)21(27)23-18-5-3-4-17(13-18)20-24-22(28)31-25-20/h3-7,12-13,16H,8-11H2,1-2H3,(H,23,27)(H,24,25,28). The SMILES string of the molecule is Cc1ccc(S(=O)(=O)N2CCC(C(=O)Nc3cccc(-c4noc(=O)[nH]4)c3)CC2)cc1C. The van der Waals surface area contributed by atoms with E-state index in [0.29, 0.717) is 24.1 Å². The van der Waals surface area contributed by atoms with Gasteiger partial charge in [-0.05, 0) is 62.1 Å². The number of anilines is 1. The first kappa shape index (κ1) is 22.0. The number of nitrogens with one attached hydrogen (secondary N) is 2. The van der Waals surface area contributed by atoms with Gasteiger partial charge in [0.15, 0.2) is 5.82 Å². The summed E-state index contributed by atoms with van der Waals surface area (Å²) in [6.45, 7) is 4.40. The molecule has 1 aliphatic heterocycles. The molecule has 2 heterocycles. The van der Waals surface area contributed by atoms with Crippen molar-refractivity contribution in [3.05, 3.63) is 64.1 Å². The molecule has 2 aromatic carbocycles. The maximum atomic E-state index is 13.0. The number of sulfonamides is 1. The van der Waals surface area contributed by atoms with Crippen LogP contribution >= 0.6 is 0 Å². The molecule has 2 N–H and O–H groups in total. The summed E-state index contributed by atoms with van der Waals surface area (Å²) in [6, 6.07) is 12.0. The highest BCUT2D eigenvalue weighted by Crippen LogP contribution is 2.26. The van der Waals surface area contributed by atoms with Crippen LogP contribution in [0.3, 0.4) is 0 Å². The number of rotatable bonds is 5. The normalized spacial score (nSPS) is 15.6. The molecule has 9 nitrogen and oxygen atoms in total. The Bertz CT molecular complexity index is 1300. The molecule has 1 fully saturated rings. The van der Waals surface area contributed by atoms with E-state index in [1.54, 1.807) is 36.4 Å². The summed E-state index contributed by atoms with van der Waals surface area (Å²) in [4.78, 5) is 26.7. The monoisotopic (exact) mass is 456 g/mol. The number of carbonyl (C=O) groups is 1. The van der Waals surface area contributed by atoms with Gasteiger partial charge in [0.1, 0.15) is 0 Å². The fraction of sp³-hybridized carbons (Fsp3) is 0.318. The van der Waals surface area contributed by atoms with Crippen molar-refractivity contribution in [2.75, 3.05) is 18.4 Å². The van der Waals surface area contributed by atoms with Crippen molar-refractivity contribution in [1.82, 2.24) is 14.4 Å². The molecule has 0 aliphatic carbocycles. The van der Waals surface area contributed by atoms with Gasteiger partial charge in [-0.25, -0.2) is 13.2 Å². The van der Waals surface area contributed by atoms with Gasteiger partial charge in [-0.15, -0.1) is 0 Å². The van der Waals surface area contributed by atoms with E-state index in [9.17, 15) is 18.0 Å². The van der Waals surface area contributed by atoms with E-state index in [1.807, 2.05) is 19.9 Å². The second kappa shape index (κ2) is 8.71. The van der Waals surface area contributed by atoms with Crippen LogP contribution in [0.2, 0.25) is 0 Å². The van der Waals surface area contributed by atoms with E-state index >= 15 is 0 Å². The summed E-state index contributed by atoms with van der Waals surface area (Å²) >= 11 is 0. The Hall–Kier alpha value is -3.24. The number of carbonyl (C=O) groups excluding carboxylic acids is 1. The molecule has 1 amide bonds. The molecular formula is C22H24N4O5S. The number of aryl methyl sites for hydroxylation is 2. The van der Waals surface area contributed by atoms with Gasteiger partial charge in [-0.2, -0.15) is 4.31 Å². The highest BCUT2D eigenvalue weighted by molar-refractivity contribution is 7.89. The fourth-order valence-electron chi connectivity index (χ4n) is 3.72. The number of H-pyrrole nitrogens is 1. The second-order valence-electron chi connectivity index (χ2n) is 7.94. The Labute approximate surface area is 185 Å². The third kappa shape index (κ3) is 4.51. The summed E-state index contributed by atoms with van der Waals surface area (Å²) in [5.74, 6) is -0.844. The number of benzene rings is 2. The van der Waals surface area contributed by atoms with Crippen LogP contribution in [0.5, 0.6) is 0 Å². The smallest absolute Gasteiger partial charge is 0.326 e. The Morgan fingerprint density at radius 2 is 1.88 bits per heavy atom. The van der Waals surface area contributed by atoms with Gasteiger partial charge in [0, 0.05) is 30.3 Å². The maximum Gasteiger partial charge on any atom is 0.439 e. The van der Waals surface area contributed by atoms with Crippen molar-refractivity contribution >= 4 is 21.6 Å². The van der Waals surface area contributed by atoms with Gasteiger partial charge in [0.25, 0.3) is 0 Å². The van der Waals surface area contributed by atoms with Crippen LogP contribution in [0.4, 0.5) is 5.69 Å². The van der Waals surface area contributed by atoms with Crippen LogP contribution in [0, 0.1) is 19.8 Å². The minimum Gasteiger partial charge on any atom is -0.326 e. The molecule has 168 valence electrons. The van der Waals surface area contributed by atoms with Crippen molar-refractivity contribution in [2.45, 2.75) is 31.6 Å². The van der Waals surface area contributed by atoms with Crippen LogP contribution in [-0.4, -0.2) is 41.9 Å². The molecule has 32 heavy (non-hydrogen) atoms. The highest BCUT2D eigenvalue weighted by atomic mass is 32.2. The third-order valence-corrected chi connectivity index (χ3v) is 7.68. The lowest BCUT2D eigenvalue weighted by Crippen LogP contribution is -2.41. The van der Waals surface area contributed by atoms with Crippen LogP contribution < -0.4 is 11.1 Å². The fourth-order valence-corrected chi connectivity index (χ4v) is 5.28. The number of hydrogen-bond acceptors (Lipinski definition) is 6. The first-order chi connectivity index (χ1) is 15.2. The molecule has 3 aromatic rings. The molecule has 10 heteroatoms. The second-order valence-corrected chi connectivity index (χ2v) is 9.88. The predicted molar refractivity (Wildman–Crippen MR) is 119 cm³/mol. The average Bonchev–Trinajstić information content (AvgIpc) is 3.22. The number of nitrogens with zero attached hydrogens (tertiary/aromatic N) is 2. The summed E-state index contributed by atoms with van der Waals surface area (Å²) in [7, 11) is -3.59. The van der Waals surface area contributed by atoms with E-state index in [-0.39, 0.29) is 35.6 Å². The van der Waals surface area contributed by atoms with Crippen molar-refractivity contribution < 1.29 is 17.7 Å². The van der Waals surface area contributed by atoms with E-state index in [2.05, 4.69) is 20.0 Å². The Morgan fingerprint density at radius 1 is 1.12 bits per heavy atom. The molecular weight excluding hydrogens is 432 g/mol. The van der Waals surface area contributed by atoms with Crippen molar-refractivity contribution in [3.63, 3.8) is 0 Å². The lowest BCUT2D eigenvalue weighted by molar-refractivity contribution is -0.120. The quantitative estimate of drug-likeness (QED) is 0.608. The number of amides is 1. The summed E-state index contributed by atoms with van der Waals surface area (Å²) in [6.07, 6.45) is 0.873. The molecule has 0 unspecified atom stereocenters. The van der Waals surface area contributed by atoms with Gasteiger partial charge in [-0.1, -0.05) is 23.4 Å². The topological polar surface area (TPSA) is 125 Å². The molecule has 1 saturated heterocycles. The number of aromatic amines is 1. The van der Waals surface area contributed by atoms with E-state index in [4.69, 9.17) is 0 Å². The summed E-state index contributed by atoms with van der Waals surface area (Å²) < 4.78 is 31.9. The van der Waals surface area contributed by atoms with Crippen LogP contribution in [0.1, 0.15) is 24.0 Å². The van der Waals surface area contributed by atoms with Crippen molar-refractivity contribution in [3.8, 4) is 11.4 Å². The Morgan fingerprint density at radius 3 is 2.53 bits per heavy atom. The minimum atomic E-state index is -3.59. The number of hydrogen-bond donors (Lipinski definition) is 2. The van der Waals surface area contributed by atoms with Crippen molar-refractivity contribution in [1.29, 1.82) is 0 Å². The molecule has 4 rings (SSSR count). The van der Waals surface area contributed by atoms with Crippen LogP contribution in [0.15, 0.2) is 56.7 Å². The highest BCUT2D eigenvalue weighted by Gasteiger charge is 2.32. The molecule has 0 bridgehead atoms. The zero-order valence-electron chi connectivity index (χ0n) is 17.8. The molecule has 1 aliphatic rings. The lowest BCUT2D eigenvalue weighted by Gasteiger charge is -2.30. The van der Waals surface area contributed by atoms with Gasteiger partial charge in [-0.3, -0.25) is 14.3 Å². The average molecular weight is 457 g/mol. The van der Waals surface area contributed by atoms with Gasteiger partial charge in [0.05, 0.1) is 4.90 Å². The number of aromatic nitrogens is 2. The van der Waals surface area contributed by atoms with E-state index in [0.717, 1.165) is 11.1 Å². The maximum absolute atomic E-state index is 13.0. The predicted octanol–water partition coefficient (Wildman–Crippen LogP) is 2.69. The zero-order chi connectivity index (χ0) is 22.9. The Balaban J connectivity index is 1.39. The molecule has 0 atom stereocenters. The van der Waals surface area contributed by atoms with Crippen LogP contribution in [-0.2, 0) is 14.8 Å².